The van der Waals surface area contributed by atoms with E-state index in [1.54, 1.807) is 36.4 Å². The molecule has 148 valence electrons. The summed E-state index contributed by atoms with van der Waals surface area (Å²) < 4.78 is 43.2. The molecule has 1 aliphatic heterocycles. The summed E-state index contributed by atoms with van der Waals surface area (Å²) in [6.45, 7) is 2.18. The molecule has 0 radical (unpaired) electrons. The van der Waals surface area contributed by atoms with Gasteiger partial charge < -0.3 is 19.9 Å². The van der Waals surface area contributed by atoms with E-state index in [9.17, 15) is 8.42 Å². The van der Waals surface area contributed by atoms with Gasteiger partial charge in [0.2, 0.25) is 6.79 Å². The van der Waals surface area contributed by atoms with Gasteiger partial charge in [0.1, 0.15) is 0 Å². The van der Waals surface area contributed by atoms with Gasteiger partial charge in [-0.2, -0.15) is 0 Å². The molecule has 0 aromatic heterocycles. The molecule has 1 aliphatic carbocycles. The second-order valence-electron chi connectivity index (χ2n) is 7.21. The number of thiocarbonyl (C=S) groups is 1. The molecule has 6 nitrogen and oxygen atoms in total. The second kappa shape index (κ2) is 6.72. The van der Waals surface area contributed by atoms with Crippen LogP contribution in [0.4, 0.5) is 0 Å². The molecule has 0 bridgehead atoms. The highest BCUT2D eigenvalue weighted by Crippen LogP contribution is 2.65. The van der Waals surface area contributed by atoms with Crippen molar-refractivity contribution in [1.29, 1.82) is 0 Å². The van der Waals surface area contributed by atoms with Gasteiger partial charge in [-0.25, -0.2) is 8.42 Å². The largest absolute Gasteiger partial charge is 0.454 e. The Morgan fingerprint density at radius 3 is 2.54 bits per heavy atom. The smallest absolute Gasteiger partial charge is 0.231 e. The molecule has 1 heterocycles. The fourth-order valence-electron chi connectivity index (χ4n) is 4.09. The van der Waals surface area contributed by atoms with Gasteiger partial charge in [-0.05, 0) is 36.8 Å². The zero-order valence-corrected chi connectivity index (χ0v) is 17.2. The Morgan fingerprint density at radius 1 is 1.21 bits per heavy atom. The summed E-state index contributed by atoms with van der Waals surface area (Å²) in [6, 6.07) is 12.2. The first kappa shape index (κ1) is 19.2. The minimum absolute atomic E-state index is 0.122. The number of aryl methyl sites for hydroxylation is 1. The van der Waals surface area contributed by atoms with Crippen molar-refractivity contribution < 1.29 is 22.6 Å². The van der Waals surface area contributed by atoms with Gasteiger partial charge in [-0.3, -0.25) is 0 Å². The average molecular weight is 420 g/mol. The number of fused-ring (bicyclic) bond motifs is 1. The third kappa shape index (κ3) is 2.78. The lowest BCUT2D eigenvalue weighted by Crippen LogP contribution is -2.33. The Hall–Kier alpha value is -2.16. The molecule has 2 N–H and O–H groups in total. The van der Waals surface area contributed by atoms with Crippen LogP contribution in [-0.4, -0.2) is 39.2 Å². The fourth-order valence-corrected chi connectivity index (χ4v) is 6.86. The van der Waals surface area contributed by atoms with Crippen LogP contribution in [0.3, 0.4) is 0 Å². The van der Waals surface area contributed by atoms with Crippen LogP contribution in [-0.2, 0) is 14.6 Å². The zero-order chi connectivity index (χ0) is 20.1. The third-order valence-electron chi connectivity index (χ3n) is 5.54. The topological polar surface area (TPSA) is 87.8 Å². The molecule has 3 atom stereocenters. The highest BCUT2D eigenvalue weighted by molar-refractivity contribution is 7.92. The Bertz CT molecular complexity index is 1040. The molecule has 2 aromatic carbocycles. The molecule has 1 fully saturated rings. The Balaban J connectivity index is 1.81. The maximum absolute atomic E-state index is 13.5. The van der Waals surface area contributed by atoms with Crippen LogP contribution in [0, 0.1) is 12.3 Å². The number of benzene rings is 2. The summed E-state index contributed by atoms with van der Waals surface area (Å²) >= 11 is 5.33. The predicted octanol–water partition coefficient (Wildman–Crippen LogP) is 2.58. The van der Waals surface area contributed by atoms with Crippen molar-refractivity contribution in [2.24, 2.45) is 11.1 Å². The highest BCUT2D eigenvalue weighted by atomic mass is 32.2. The second-order valence-corrected chi connectivity index (χ2v) is 9.72. The minimum Gasteiger partial charge on any atom is -0.454 e. The summed E-state index contributed by atoms with van der Waals surface area (Å²) in [4.78, 5) is 0.390. The van der Waals surface area contributed by atoms with Crippen LogP contribution in [0.5, 0.6) is 11.5 Å². The Morgan fingerprint density at radius 2 is 1.89 bits per heavy atom. The number of methoxy groups -OCH3 is 1. The molecule has 0 unspecified atom stereocenters. The van der Waals surface area contributed by atoms with E-state index in [1.165, 1.54) is 7.11 Å². The summed E-state index contributed by atoms with van der Waals surface area (Å²) in [5.41, 5.74) is 6.88. The van der Waals surface area contributed by atoms with E-state index in [4.69, 9.17) is 32.2 Å². The number of nitrogens with two attached hydrogens (primary N) is 1. The lowest BCUT2D eigenvalue weighted by atomic mass is 9.99. The molecule has 2 aliphatic rings. The van der Waals surface area contributed by atoms with Crippen LogP contribution in [0.2, 0.25) is 0 Å². The predicted molar refractivity (Wildman–Crippen MR) is 109 cm³/mol. The van der Waals surface area contributed by atoms with Crippen LogP contribution in [0.15, 0.2) is 47.4 Å². The summed E-state index contributed by atoms with van der Waals surface area (Å²) in [5.74, 6) is 0.797. The van der Waals surface area contributed by atoms with Crippen molar-refractivity contribution >= 4 is 27.0 Å². The molecule has 4 rings (SSSR count). The molecule has 8 heteroatoms. The number of sulfone groups is 1. The van der Waals surface area contributed by atoms with E-state index >= 15 is 0 Å². The summed E-state index contributed by atoms with van der Waals surface area (Å²) in [7, 11) is -2.17. The number of ether oxygens (including phenoxy) is 3. The normalized spacial score (nSPS) is 25.5. The number of hydrogen-bond donors (Lipinski definition) is 1. The lowest BCUT2D eigenvalue weighted by Gasteiger charge is -2.16. The zero-order valence-electron chi connectivity index (χ0n) is 15.5. The van der Waals surface area contributed by atoms with Crippen molar-refractivity contribution in [2.45, 2.75) is 23.0 Å². The van der Waals surface area contributed by atoms with Crippen molar-refractivity contribution in [2.75, 3.05) is 20.5 Å². The van der Waals surface area contributed by atoms with Gasteiger partial charge in [0.25, 0.3) is 0 Å². The molecule has 0 saturated heterocycles. The Labute approximate surface area is 169 Å². The van der Waals surface area contributed by atoms with E-state index < -0.39 is 26.4 Å². The van der Waals surface area contributed by atoms with Gasteiger partial charge in [-0.1, -0.05) is 36.0 Å². The first-order chi connectivity index (χ1) is 13.3. The van der Waals surface area contributed by atoms with E-state index in [0.717, 1.165) is 11.1 Å². The maximum atomic E-state index is 13.5. The minimum atomic E-state index is -3.69. The average Bonchev–Trinajstić information content (AvgIpc) is 3.13. The van der Waals surface area contributed by atoms with Gasteiger partial charge in [0.05, 0.1) is 27.2 Å². The monoisotopic (exact) mass is 419 g/mol. The molecule has 28 heavy (non-hydrogen) atoms. The maximum Gasteiger partial charge on any atom is 0.231 e. The van der Waals surface area contributed by atoms with Gasteiger partial charge >= 0.3 is 0 Å². The van der Waals surface area contributed by atoms with Crippen molar-refractivity contribution in [1.82, 2.24) is 0 Å². The summed E-state index contributed by atoms with van der Waals surface area (Å²) in [5, 5.41) is -0.805. The molecular weight excluding hydrogens is 398 g/mol. The van der Waals surface area contributed by atoms with Gasteiger partial charge in [-0.15, -0.1) is 0 Å². The van der Waals surface area contributed by atoms with E-state index in [-0.39, 0.29) is 23.3 Å². The Kier molecular flexibility index (Phi) is 4.60. The van der Waals surface area contributed by atoms with E-state index in [1.807, 2.05) is 13.0 Å². The van der Waals surface area contributed by atoms with Crippen molar-refractivity contribution in [3.05, 3.63) is 53.6 Å². The van der Waals surface area contributed by atoms with E-state index in [2.05, 4.69) is 0 Å². The number of rotatable bonds is 6. The third-order valence-corrected chi connectivity index (χ3v) is 8.21. The van der Waals surface area contributed by atoms with E-state index in [0.29, 0.717) is 11.5 Å². The standard InChI is InChI=1S/C20H21NO5S2/c1-12-3-6-14(7-4-12)28(22,23)18-17(20(18,10-24-2)19(21)27)13-5-8-15-16(9-13)26-11-25-15/h3-9,17-18H,10-11H2,1-2H3,(H2,21,27)/t17-,18-,20+/m0/s1. The highest BCUT2D eigenvalue weighted by Gasteiger charge is 2.73. The van der Waals surface area contributed by atoms with Gasteiger partial charge in [0, 0.05) is 13.0 Å². The summed E-state index contributed by atoms with van der Waals surface area (Å²) in [6.07, 6.45) is 0. The lowest BCUT2D eigenvalue weighted by molar-refractivity contribution is 0.166. The first-order valence-corrected chi connectivity index (χ1v) is 10.8. The van der Waals surface area contributed by atoms with Crippen molar-refractivity contribution in [3.8, 4) is 11.5 Å². The fraction of sp³-hybridized carbons (Fsp3) is 0.350. The first-order valence-electron chi connectivity index (χ1n) is 8.81. The van der Waals surface area contributed by atoms with Gasteiger partial charge in [0.15, 0.2) is 21.3 Å². The quantitative estimate of drug-likeness (QED) is 0.720. The van der Waals surface area contributed by atoms with Crippen LogP contribution in [0.25, 0.3) is 0 Å². The molecule has 2 aromatic rings. The molecule has 0 spiro atoms. The number of hydrogen-bond acceptors (Lipinski definition) is 6. The molecule has 0 amide bonds. The van der Waals surface area contributed by atoms with Crippen molar-refractivity contribution in [3.63, 3.8) is 0 Å². The molecular formula is C20H21NO5S2. The van der Waals surface area contributed by atoms with Crippen LogP contribution < -0.4 is 15.2 Å². The van der Waals surface area contributed by atoms with Crippen LogP contribution >= 0.6 is 12.2 Å². The molecule has 1 saturated carbocycles. The van der Waals surface area contributed by atoms with Crippen LogP contribution in [0.1, 0.15) is 17.0 Å². The SMILES string of the molecule is COC[C@@]1(C(N)=S)[C@@H](c2ccc3c(c2)OCO3)[C@@H]1S(=O)(=O)c1ccc(C)cc1.